The minimum Gasteiger partial charge on any atom is -0.459 e. The lowest BCUT2D eigenvalue weighted by Crippen LogP contribution is -2.48. The van der Waals surface area contributed by atoms with Crippen LogP contribution in [0.5, 0.6) is 0 Å². The Morgan fingerprint density at radius 3 is 2.50 bits per heavy atom. The van der Waals surface area contributed by atoms with Crippen LogP contribution in [0.3, 0.4) is 0 Å². The second kappa shape index (κ2) is 7.72. The molecule has 0 aliphatic heterocycles. The van der Waals surface area contributed by atoms with Gasteiger partial charge in [-0.1, -0.05) is 25.0 Å². The quantitative estimate of drug-likeness (QED) is 0.833. The molecule has 2 N–H and O–H groups in total. The molecule has 1 aliphatic rings. The zero-order chi connectivity index (χ0) is 18.6. The van der Waals surface area contributed by atoms with Crippen molar-refractivity contribution >= 4 is 11.8 Å². The van der Waals surface area contributed by atoms with Crippen molar-refractivity contribution in [2.75, 3.05) is 6.54 Å². The minimum atomic E-state index is -0.681. The van der Waals surface area contributed by atoms with Crippen molar-refractivity contribution in [3.05, 3.63) is 59.8 Å². The summed E-state index contributed by atoms with van der Waals surface area (Å²) in [4.78, 5) is 24.4. The van der Waals surface area contributed by atoms with Crippen LogP contribution in [-0.2, 0) is 10.2 Å². The summed E-state index contributed by atoms with van der Waals surface area (Å²) in [5.74, 6) is -0.770. The Kier molecular flexibility index (Phi) is 5.40. The second-order valence-electron chi connectivity index (χ2n) is 6.88. The van der Waals surface area contributed by atoms with Crippen LogP contribution in [0.25, 0.3) is 0 Å². The molecule has 3 rings (SSSR count). The molecule has 2 amide bonds. The first-order chi connectivity index (χ1) is 12.5. The third-order valence-corrected chi connectivity index (χ3v) is 5.10. The Morgan fingerprint density at radius 1 is 1.19 bits per heavy atom. The Morgan fingerprint density at radius 2 is 1.88 bits per heavy atom. The van der Waals surface area contributed by atoms with Crippen molar-refractivity contribution in [2.45, 2.75) is 44.1 Å². The lowest BCUT2D eigenvalue weighted by molar-refractivity contribution is -0.122. The zero-order valence-corrected chi connectivity index (χ0v) is 14.8. The normalized spacial score (nSPS) is 16.8. The monoisotopic (exact) mass is 358 g/mol. The van der Waals surface area contributed by atoms with Crippen LogP contribution in [0, 0.1) is 5.82 Å². The van der Waals surface area contributed by atoms with Crippen LogP contribution in [0.1, 0.15) is 48.7 Å². The van der Waals surface area contributed by atoms with E-state index >= 15 is 0 Å². The summed E-state index contributed by atoms with van der Waals surface area (Å²) < 4.78 is 18.3. The highest BCUT2D eigenvalue weighted by Crippen LogP contribution is 2.40. The number of halogens is 1. The molecule has 0 unspecified atom stereocenters. The molecule has 1 saturated carbocycles. The molecule has 1 atom stereocenters. The molecule has 0 bridgehead atoms. The molecule has 1 aromatic heterocycles. The van der Waals surface area contributed by atoms with Gasteiger partial charge in [0.15, 0.2) is 5.76 Å². The minimum absolute atomic E-state index is 0.170. The average molecular weight is 358 g/mol. The van der Waals surface area contributed by atoms with Gasteiger partial charge in [0.05, 0.1) is 6.26 Å². The molecule has 5 nitrogen and oxygen atoms in total. The lowest BCUT2D eigenvalue weighted by atomic mass is 9.78. The summed E-state index contributed by atoms with van der Waals surface area (Å²) in [7, 11) is 0. The summed E-state index contributed by atoms with van der Waals surface area (Å²) in [5.41, 5.74) is 0.873. The Balaban J connectivity index is 1.61. The molecular formula is C20H23FN2O3. The maximum atomic E-state index is 13.2. The van der Waals surface area contributed by atoms with Crippen molar-refractivity contribution in [3.63, 3.8) is 0 Å². The first-order valence-electron chi connectivity index (χ1n) is 8.88. The summed E-state index contributed by atoms with van der Waals surface area (Å²) in [6.07, 6.45) is 5.47. The SMILES string of the molecule is C[C@@H](NC(=O)c1ccco1)C(=O)NCC1(c2ccc(F)cc2)CCCC1. The number of amides is 2. The van der Waals surface area contributed by atoms with Gasteiger partial charge in [-0.25, -0.2) is 4.39 Å². The molecule has 138 valence electrons. The molecular weight excluding hydrogens is 335 g/mol. The van der Waals surface area contributed by atoms with Crippen molar-refractivity contribution in [2.24, 2.45) is 0 Å². The third kappa shape index (κ3) is 3.95. The fourth-order valence-corrected chi connectivity index (χ4v) is 3.57. The average Bonchev–Trinajstić information content (AvgIpc) is 3.32. The molecule has 1 aliphatic carbocycles. The van der Waals surface area contributed by atoms with Crippen LogP contribution in [0.2, 0.25) is 0 Å². The van der Waals surface area contributed by atoms with Gasteiger partial charge in [0.2, 0.25) is 5.91 Å². The summed E-state index contributed by atoms with van der Waals surface area (Å²) >= 11 is 0. The van der Waals surface area contributed by atoms with Crippen LogP contribution in [0.15, 0.2) is 47.1 Å². The fraction of sp³-hybridized carbons (Fsp3) is 0.400. The van der Waals surface area contributed by atoms with Crippen molar-refractivity contribution < 1.29 is 18.4 Å². The van der Waals surface area contributed by atoms with E-state index in [1.807, 2.05) is 0 Å². The standard InChI is InChI=1S/C20H23FN2O3/c1-14(23-19(25)17-5-4-12-26-17)18(24)22-13-20(10-2-3-11-20)15-6-8-16(21)9-7-15/h4-9,12,14H,2-3,10-11,13H2,1H3,(H,22,24)(H,23,25)/t14-/m1/s1. The van der Waals surface area contributed by atoms with Crippen molar-refractivity contribution in [1.82, 2.24) is 10.6 Å². The highest BCUT2D eigenvalue weighted by molar-refractivity contribution is 5.95. The molecule has 1 aromatic carbocycles. The van der Waals surface area contributed by atoms with E-state index in [4.69, 9.17) is 4.42 Å². The van der Waals surface area contributed by atoms with Gasteiger partial charge in [-0.2, -0.15) is 0 Å². The summed E-state index contributed by atoms with van der Waals surface area (Å²) in [5, 5.41) is 5.57. The predicted molar refractivity (Wildman–Crippen MR) is 95.2 cm³/mol. The maximum Gasteiger partial charge on any atom is 0.287 e. The third-order valence-electron chi connectivity index (χ3n) is 5.10. The molecule has 26 heavy (non-hydrogen) atoms. The van der Waals surface area contributed by atoms with Gasteiger partial charge in [0.25, 0.3) is 5.91 Å². The smallest absolute Gasteiger partial charge is 0.287 e. The predicted octanol–water partition coefficient (Wildman–Crippen LogP) is 3.17. The molecule has 1 fully saturated rings. The van der Waals surface area contributed by atoms with Crippen LogP contribution in [0.4, 0.5) is 4.39 Å². The topological polar surface area (TPSA) is 71.3 Å². The van der Waals surface area contributed by atoms with Crippen LogP contribution in [-0.4, -0.2) is 24.4 Å². The van der Waals surface area contributed by atoms with Gasteiger partial charge in [-0.05, 0) is 49.6 Å². The largest absolute Gasteiger partial charge is 0.459 e. The van der Waals surface area contributed by atoms with E-state index in [1.54, 1.807) is 31.2 Å². The van der Waals surface area contributed by atoms with E-state index in [0.717, 1.165) is 31.2 Å². The fourth-order valence-electron chi connectivity index (χ4n) is 3.57. The van der Waals surface area contributed by atoms with E-state index in [2.05, 4.69) is 10.6 Å². The second-order valence-corrected chi connectivity index (χ2v) is 6.88. The number of carbonyl (C=O) groups is 2. The molecule has 0 radical (unpaired) electrons. The zero-order valence-electron chi connectivity index (χ0n) is 14.8. The summed E-state index contributed by atoms with van der Waals surface area (Å²) in [6, 6.07) is 9.00. The van der Waals surface area contributed by atoms with E-state index in [-0.39, 0.29) is 22.9 Å². The highest BCUT2D eigenvalue weighted by Gasteiger charge is 2.36. The van der Waals surface area contributed by atoms with Crippen molar-refractivity contribution in [1.29, 1.82) is 0 Å². The van der Waals surface area contributed by atoms with E-state index in [9.17, 15) is 14.0 Å². The first-order valence-corrected chi connectivity index (χ1v) is 8.88. The van der Waals surface area contributed by atoms with Crippen LogP contribution >= 0.6 is 0 Å². The van der Waals surface area contributed by atoms with Crippen molar-refractivity contribution in [3.8, 4) is 0 Å². The molecule has 0 saturated heterocycles. The Hall–Kier alpha value is -2.63. The van der Waals surface area contributed by atoms with Gasteiger partial charge in [0.1, 0.15) is 11.9 Å². The number of benzene rings is 1. The van der Waals surface area contributed by atoms with Crippen LogP contribution < -0.4 is 10.6 Å². The maximum absolute atomic E-state index is 13.2. The number of furan rings is 1. The van der Waals surface area contributed by atoms with Gasteiger partial charge < -0.3 is 15.1 Å². The van der Waals surface area contributed by atoms with E-state index < -0.39 is 11.9 Å². The van der Waals surface area contributed by atoms with Gasteiger partial charge in [-0.15, -0.1) is 0 Å². The molecule has 6 heteroatoms. The number of rotatable bonds is 6. The number of hydrogen-bond donors (Lipinski definition) is 2. The molecule has 1 heterocycles. The number of carbonyl (C=O) groups excluding carboxylic acids is 2. The Labute approximate surface area is 152 Å². The number of nitrogens with one attached hydrogen (secondary N) is 2. The van der Waals surface area contributed by atoms with Gasteiger partial charge in [-0.3, -0.25) is 9.59 Å². The van der Waals surface area contributed by atoms with E-state index in [1.165, 1.54) is 18.4 Å². The molecule has 2 aromatic rings. The highest BCUT2D eigenvalue weighted by atomic mass is 19.1. The Bertz CT molecular complexity index is 750. The molecule has 0 spiro atoms. The summed E-state index contributed by atoms with van der Waals surface area (Å²) in [6.45, 7) is 2.10. The lowest BCUT2D eigenvalue weighted by Gasteiger charge is -2.30. The van der Waals surface area contributed by atoms with Gasteiger partial charge >= 0.3 is 0 Å². The van der Waals surface area contributed by atoms with E-state index in [0.29, 0.717) is 6.54 Å². The van der Waals surface area contributed by atoms with Gasteiger partial charge in [0, 0.05) is 12.0 Å². The number of hydrogen-bond acceptors (Lipinski definition) is 3. The first kappa shape index (κ1) is 18.2.